The molecule has 38 heavy (non-hydrogen) atoms. The Balaban J connectivity index is 1.60. The van der Waals surface area contributed by atoms with Crippen LogP contribution >= 0.6 is 0 Å². The molecular formula is C28H33FN4O5. The van der Waals surface area contributed by atoms with Crippen molar-refractivity contribution in [2.75, 3.05) is 53.0 Å². The minimum atomic E-state index is -0.698. The van der Waals surface area contributed by atoms with Gasteiger partial charge in [0.1, 0.15) is 11.6 Å². The Hall–Kier alpha value is -3.92. The number of carbonyl (C=O) groups excluding carboxylic acids is 3. The Kier molecular flexibility index (Phi) is 8.62. The lowest BCUT2D eigenvalue weighted by atomic mass is 9.94. The van der Waals surface area contributed by atoms with Gasteiger partial charge < -0.3 is 19.7 Å². The molecule has 4 rings (SSSR count). The van der Waals surface area contributed by atoms with Crippen LogP contribution in [0.4, 0.5) is 9.18 Å². The summed E-state index contributed by atoms with van der Waals surface area (Å²) in [6.45, 7) is 6.55. The van der Waals surface area contributed by atoms with Gasteiger partial charge in [0.25, 0.3) is 5.91 Å². The minimum absolute atomic E-state index is 0.151. The van der Waals surface area contributed by atoms with Crippen LogP contribution in [0.25, 0.3) is 0 Å². The number of likely N-dealkylation sites (N-methyl/N-ethyl adjacent to an activating group) is 1. The summed E-state index contributed by atoms with van der Waals surface area (Å²) in [7, 11) is 1.56. The number of piperazine rings is 1. The number of benzene rings is 2. The van der Waals surface area contributed by atoms with Crippen LogP contribution in [0.3, 0.4) is 0 Å². The van der Waals surface area contributed by atoms with Crippen molar-refractivity contribution in [2.24, 2.45) is 0 Å². The van der Waals surface area contributed by atoms with Crippen molar-refractivity contribution >= 4 is 17.9 Å². The highest BCUT2D eigenvalue weighted by atomic mass is 19.1. The standard InChI is InChI=1S/C28H33FN4O5/c1-4-33-23(18-31-13-15-32(16-14-31)26(34)19-9-11-21(29)12-10-19)24(27(35)38-5-2)25(30-28(33)36)20-7-6-8-22(17-20)37-3/h6-12,17,25H,4-5,13-16,18H2,1-3H3,(H,30,36). The van der Waals surface area contributed by atoms with Crippen molar-refractivity contribution in [1.82, 2.24) is 20.0 Å². The number of methoxy groups -OCH3 is 1. The zero-order chi connectivity index (χ0) is 27.2. The molecule has 2 aromatic rings. The Bertz CT molecular complexity index is 1210. The number of hydrogen-bond donors (Lipinski definition) is 1. The summed E-state index contributed by atoms with van der Waals surface area (Å²) in [5, 5.41) is 2.96. The normalized spacial score (nSPS) is 18.3. The molecule has 2 heterocycles. The van der Waals surface area contributed by atoms with Gasteiger partial charge in [0, 0.05) is 50.5 Å². The lowest BCUT2D eigenvalue weighted by molar-refractivity contribution is -0.139. The molecule has 0 bridgehead atoms. The van der Waals surface area contributed by atoms with E-state index in [1.807, 2.05) is 19.1 Å². The van der Waals surface area contributed by atoms with Gasteiger partial charge in [0.15, 0.2) is 0 Å². The molecule has 1 unspecified atom stereocenters. The number of halogens is 1. The van der Waals surface area contributed by atoms with Gasteiger partial charge in [0.2, 0.25) is 0 Å². The molecule has 2 aliphatic rings. The van der Waals surface area contributed by atoms with E-state index in [0.717, 1.165) is 0 Å². The van der Waals surface area contributed by atoms with E-state index in [1.165, 1.54) is 24.3 Å². The second-order valence-corrected chi connectivity index (χ2v) is 9.06. The van der Waals surface area contributed by atoms with E-state index in [4.69, 9.17) is 9.47 Å². The first kappa shape index (κ1) is 27.1. The van der Waals surface area contributed by atoms with Crippen molar-refractivity contribution < 1.29 is 28.2 Å². The molecule has 1 N–H and O–H groups in total. The molecule has 1 fully saturated rings. The van der Waals surface area contributed by atoms with Gasteiger partial charge >= 0.3 is 12.0 Å². The van der Waals surface area contributed by atoms with E-state index >= 15 is 0 Å². The van der Waals surface area contributed by atoms with E-state index in [-0.39, 0.29) is 24.4 Å². The molecule has 0 spiro atoms. The Morgan fingerprint density at radius 2 is 1.76 bits per heavy atom. The molecule has 0 saturated carbocycles. The maximum Gasteiger partial charge on any atom is 0.338 e. The Morgan fingerprint density at radius 3 is 2.39 bits per heavy atom. The van der Waals surface area contributed by atoms with Gasteiger partial charge in [-0.2, -0.15) is 0 Å². The first-order valence-corrected chi connectivity index (χ1v) is 12.8. The zero-order valence-corrected chi connectivity index (χ0v) is 21.9. The number of carbonyl (C=O) groups is 3. The molecule has 1 atom stereocenters. The number of amides is 3. The van der Waals surface area contributed by atoms with Crippen molar-refractivity contribution in [3.8, 4) is 5.75 Å². The maximum absolute atomic E-state index is 13.3. The summed E-state index contributed by atoms with van der Waals surface area (Å²) < 4.78 is 24.1. The largest absolute Gasteiger partial charge is 0.497 e. The van der Waals surface area contributed by atoms with Gasteiger partial charge in [-0.05, 0) is 55.8 Å². The Morgan fingerprint density at radius 1 is 1.05 bits per heavy atom. The zero-order valence-electron chi connectivity index (χ0n) is 21.9. The Labute approximate surface area is 221 Å². The molecule has 202 valence electrons. The highest BCUT2D eigenvalue weighted by molar-refractivity contribution is 5.95. The molecule has 0 radical (unpaired) electrons. The second kappa shape index (κ2) is 12.1. The average Bonchev–Trinajstić information content (AvgIpc) is 2.93. The fraction of sp³-hybridized carbons (Fsp3) is 0.393. The number of nitrogens with one attached hydrogen (secondary N) is 1. The molecule has 0 aromatic heterocycles. The molecule has 2 aliphatic heterocycles. The third-order valence-corrected chi connectivity index (χ3v) is 6.80. The van der Waals surface area contributed by atoms with Gasteiger partial charge in [-0.15, -0.1) is 0 Å². The van der Waals surface area contributed by atoms with E-state index in [1.54, 1.807) is 36.0 Å². The van der Waals surface area contributed by atoms with Crippen molar-refractivity contribution in [1.29, 1.82) is 0 Å². The van der Waals surface area contributed by atoms with Crippen LogP contribution in [0.5, 0.6) is 5.75 Å². The van der Waals surface area contributed by atoms with Crippen LogP contribution in [0.15, 0.2) is 59.8 Å². The predicted molar refractivity (Wildman–Crippen MR) is 139 cm³/mol. The molecule has 3 amide bonds. The van der Waals surface area contributed by atoms with Crippen LogP contribution in [0.2, 0.25) is 0 Å². The highest BCUT2D eigenvalue weighted by Crippen LogP contribution is 2.33. The van der Waals surface area contributed by atoms with Gasteiger partial charge in [-0.3, -0.25) is 14.6 Å². The quantitative estimate of drug-likeness (QED) is 0.534. The summed E-state index contributed by atoms with van der Waals surface area (Å²) in [5.74, 6) is -0.414. The molecule has 9 nitrogen and oxygen atoms in total. The number of rotatable bonds is 8. The van der Waals surface area contributed by atoms with E-state index in [0.29, 0.717) is 67.4 Å². The molecule has 2 aromatic carbocycles. The van der Waals surface area contributed by atoms with Crippen molar-refractivity contribution in [3.63, 3.8) is 0 Å². The van der Waals surface area contributed by atoms with Crippen LogP contribution in [-0.4, -0.2) is 85.6 Å². The van der Waals surface area contributed by atoms with E-state index < -0.39 is 12.0 Å². The third-order valence-electron chi connectivity index (χ3n) is 6.80. The molecular weight excluding hydrogens is 491 g/mol. The average molecular weight is 525 g/mol. The number of nitrogens with zero attached hydrogens (tertiary/aromatic N) is 3. The maximum atomic E-state index is 13.3. The third kappa shape index (κ3) is 5.80. The lowest BCUT2D eigenvalue weighted by Crippen LogP contribution is -2.53. The van der Waals surface area contributed by atoms with Crippen LogP contribution in [-0.2, 0) is 9.53 Å². The van der Waals surface area contributed by atoms with Gasteiger partial charge in [-0.25, -0.2) is 14.0 Å². The van der Waals surface area contributed by atoms with E-state index in [2.05, 4.69) is 10.2 Å². The molecule has 1 saturated heterocycles. The first-order valence-electron chi connectivity index (χ1n) is 12.8. The summed E-state index contributed by atoms with van der Waals surface area (Å²) >= 11 is 0. The fourth-order valence-corrected chi connectivity index (χ4v) is 4.82. The SMILES string of the molecule is CCOC(=O)C1=C(CN2CCN(C(=O)c3ccc(F)cc3)CC2)N(CC)C(=O)NC1c1cccc(OC)c1. The lowest BCUT2D eigenvalue weighted by Gasteiger charge is -2.40. The highest BCUT2D eigenvalue weighted by Gasteiger charge is 2.38. The number of hydrogen-bond acceptors (Lipinski definition) is 6. The monoisotopic (exact) mass is 524 g/mol. The van der Waals surface area contributed by atoms with Gasteiger partial charge in [-0.1, -0.05) is 12.1 Å². The predicted octanol–water partition coefficient (Wildman–Crippen LogP) is 3.20. The number of ether oxygens (including phenoxy) is 2. The number of urea groups is 1. The van der Waals surface area contributed by atoms with Crippen molar-refractivity contribution in [2.45, 2.75) is 19.9 Å². The fourth-order valence-electron chi connectivity index (χ4n) is 4.82. The van der Waals surface area contributed by atoms with Gasteiger partial charge in [0.05, 0.1) is 25.3 Å². The molecule has 10 heteroatoms. The van der Waals surface area contributed by atoms with E-state index in [9.17, 15) is 18.8 Å². The summed E-state index contributed by atoms with van der Waals surface area (Å²) in [5.41, 5.74) is 2.12. The van der Waals surface area contributed by atoms with Crippen LogP contribution < -0.4 is 10.1 Å². The summed E-state index contributed by atoms with van der Waals surface area (Å²) in [6.07, 6.45) is 0. The van der Waals surface area contributed by atoms with Crippen LogP contribution in [0.1, 0.15) is 35.8 Å². The minimum Gasteiger partial charge on any atom is -0.497 e. The molecule has 0 aliphatic carbocycles. The topological polar surface area (TPSA) is 91.4 Å². The first-order chi connectivity index (χ1) is 18.4. The summed E-state index contributed by atoms with van der Waals surface area (Å²) in [6, 6.07) is 11.8. The summed E-state index contributed by atoms with van der Waals surface area (Å²) in [4.78, 5) is 44.7. The number of esters is 1. The second-order valence-electron chi connectivity index (χ2n) is 9.06. The van der Waals surface area contributed by atoms with Crippen molar-refractivity contribution in [3.05, 3.63) is 76.7 Å². The smallest absolute Gasteiger partial charge is 0.338 e. The van der Waals surface area contributed by atoms with Crippen LogP contribution in [0, 0.1) is 5.82 Å².